The van der Waals surface area contributed by atoms with Crippen molar-refractivity contribution in [2.24, 2.45) is 0 Å². The Bertz CT molecular complexity index is 796. The number of nitrogens with zero attached hydrogens (tertiary/aromatic N) is 2. The van der Waals surface area contributed by atoms with Gasteiger partial charge in [-0.2, -0.15) is 5.26 Å². The highest BCUT2D eigenvalue weighted by Crippen LogP contribution is 2.24. The van der Waals surface area contributed by atoms with Crippen molar-refractivity contribution in [3.63, 3.8) is 0 Å². The molecule has 2 aromatic rings. The molecule has 0 aliphatic carbocycles. The predicted molar refractivity (Wildman–Crippen MR) is 100 cm³/mol. The highest BCUT2D eigenvalue weighted by molar-refractivity contribution is 5.72. The molecule has 26 heavy (non-hydrogen) atoms. The van der Waals surface area contributed by atoms with Gasteiger partial charge in [-0.25, -0.2) is 0 Å². The number of carbonyl (C=O) groups is 1. The molecule has 1 fully saturated rings. The molecule has 134 valence electrons. The van der Waals surface area contributed by atoms with Crippen molar-refractivity contribution in [2.45, 2.75) is 19.6 Å². The molecule has 1 aliphatic heterocycles. The first-order chi connectivity index (χ1) is 12.7. The van der Waals surface area contributed by atoms with E-state index in [0.717, 1.165) is 30.8 Å². The van der Waals surface area contributed by atoms with Crippen molar-refractivity contribution < 1.29 is 9.53 Å². The molecule has 3 rings (SSSR count). The Morgan fingerprint density at radius 3 is 2.77 bits per heavy atom. The highest BCUT2D eigenvalue weighted by atomic mass is 16.5. The topological polar surface area (TPSA) is 65.4 Å². The molecule has 1 aliphatic rings. The second-order valence-electron chi connectivity index (χ2n) is 6.52. The number of nitrogens with one attached hydrogen (secondary N) is 1. The van der Waals surface area contributed by atoms with Crippen LogP contribution in [-0.4, -0.2) is 43.2 Å². The second kappa shape index (κ2) is 8.61. The normalized spacial score (nSPS) is 17.5. The van der Waals surface area contributed by atoms with E-state index in [1.54, 1.807) is 0 Å². The Morgan fingerprint density at radius 1 is 1.27 bits per heavy atom. The SMILES string of the molecule is CC(=O)NC[C@H]1CN(Cc2ccc(-c3ccccc3C#N)cc2)CCO1. The van der Waals surface area contributed by atoms with Crippen LogP contribution in [0.2, 0.25) is 0 Å². The van der Waals surface area contributed by atoms with Crippen LogP contribution >= 0.6 is 0 Å². The first-order valence-electron chi connectivity index (χ1n) is 8.82. The van der Waals surface area contributed by atoms with Gasteiger partial charge in [0.25, 0.3) is 0 Å². The number of rotatable bonds is 5. The van der Waals surface area contributed by atoms with Crippen LogP contribution in [0, 0.1) is 11.3 Å². The van der Waals surface area contributed by atoms with Crippen molar-refractivity contribution in [3.05, 3.63) is 59.7 Å². The Hall–Kier alpha value is -2.68. The third-order valence-electron chi connectivity index (χ3n) is 4.52. The maximum Gasteiger partial charge on any atom is 0.216 e. The minimum atomic E-state index is -0.0287. The van der Waals surface area contributed by atoms with Gasteiger partial charge in [-0.05, 0) is 22.8 Å². The molecule has 0 spiro atoms. The minimum absolute atomic E-state index is 0.0287. The third kappa shape index (κ3) is 4.69. The summed E-state index contributed by atoms with van der Waals surface area (Å²) in [6, 6.07) is 18.3. The summed E-state index contributed by atoms with van der Waals surface area (Å²) in [6.45, 7) is 5.29. The maximum absolute atomic E-state index is 11.1. The molecule has 1 heterocycles. The van der Waals surface area contributed by atoms with Gasteiger partial charge in [-0.15, -0.1) is 0 Å². The predicted octanol–water partition coefficient (Wildman–Crippen LogP) is 2.56. The molecule has 0 unspecified atom stereocenters. The van der Waals surface area contributed by atoms with E-state index >= 15 is 0 Å². The molecule has 0 radical (unpaired) electrons. The third-order valence-corrected chi connectivity index (χ3v) is 4.52. The van der Waals surface area contributed by atoms with E-state index in [9.17, 15) is 10.1 Å². The zero-order valence-corrected chi connectivity index (χ0v) is 14.9. The van der Waals surface area contributed by atoms with Crippen LogP contribution in [0.3, 0.4) is 0 Å². The van der Waals surface area contributed by atoms with Crippen LogP contribution in [0.4, 0.5) is 0 Å². The fraction of sp³-hybridized carbons (Fsp3) is 0.333. The Morgan fingerprint density at radius 2 is 2.04 bits per heavy atom. The summed E-state index contributed by atoms with van der Waals surface area (Å²) in [5.41, 5.74) is 3.93. The van der Waals surface area contributed by atoms with Gasteiger partial charge in [0.15, 0.2) is 0 Å². The average molecular weight is 349 g/mol. The van der Waals surface area contributed by atoms with E-state index in [4.69, 9.17) is 4.74 Å². The van der Waals surface area contributed by atoms with Crippen LogP contribution in [0.15, 0.2) is 48.5 Å². The molecular formula is C21H23N3O2. The molecule has 5 heteroatoms. The van der Waals surface area contributed by atoms with Gasteiger partial charge < -0.3 is 10.1 Å². The number of amides is 1. The molecule has 5 nitrogen and oxygen atoms in total. The summed E-state index contributed by atoms with van der Waals surface area (Å²) in [6.07, 6.45) is 0.0365. The van der Waals surface area contributed by atoms with E-state index < -0.39 is 0 Å². The number of ether oxygens (including phenoxy) is 1. The highest BCUT2D eigenvalue weighted by Gasteiger charge is 2.20. The minimum Gasteiger partial charge on any atom is -0.374 e. The fourth-order valence-corrected chi connectivity index (χ4v) is 3.19. The number of carbonyl (C=O) groups excluding carboxylic acids is 1. The number of hydrogen-bond donors (Lipinski definition) is 1. The van der Waals surface area contributed by atoms with Crippen molar-refractivity contribution >= 4 is 5.91 Å². The fourth-order valence-electron chi connectivity index (χ4n) is 3.19. The van der Waals surface area contributed by atoms with Gasteiger partial charge in [-0.3, -0.25) is 9.69 Å². The lowest BCUT2D eigenvalue weighted by molar-refractivity contribution is -0.120. The van der Waals surface area contributed by atoms with E-state index in [0.29, 0.717) is 18.7 Å². The van der Waals surface area contributed by atoms with Gasteiger partial charge in [0.05, 0.1) is 24.3 Å². The molecule has 2 aromatic carbocycles. The van der Waals surface area contributed by atoms with Crippen LogP contribution in [0.25, 0.3) is 11.1 Å². The maximum atomic E-state index is 11.1. The molecule has 0 aromatic heterocycles. The molecule has 0 saturated carbocycles. The summed E-state index contributed by atoms with van der Waals surface area (Å²) in [5, 5.41) is 12.1. The van der Waals surface area contributed by atoms with Gasteiger partial charge >= 0.3 is 0 Å². The summed E-state index contributed by atoms with van der Waals surface area (Å²) in [4.78, 5) is 13.4. The molecule has 1 amide bonds. The summed E-state index contributed by atoms with van der Waals surface area (Å²) < 4.78 is 5.71. The molecular weight excluding hydrogens is 326 g/mol. The van der Waals surface area contributed by atoms with Crippen molar-refractivity contribution in [3.8, 4) is 17.2 Å². The van der Waals surface area contributed by atoms with Crippen LogP contribution in [-0.2, 0) is 16.1 Å². The van der Waals surface area contributed by atoms with Crippen LogP contribution in [0.1, 0.15) is 18.1 Å². The summed E-state index contributed by atoms with van der Waals surface area (Å²) in [5.74, 6) is -0.0287. The first-order valence-corrected chi connectivity index (χ1v) is 8.82. The largest absolute Gasteiger partial charge is 0.374 e. The van der Waals surface area contributed by atoms with Gasteiger partial charge in [0, 0.05) is 33.1 Å². The zero-order chi connectivity index (χ0) is 18.4. The lowest BCUT2D eigenvalue weighted by atomic mass is 9.99. The first kappa shape index (κ1) is 18.1. The Balaban J connectivity index is 1.62. The number of benzene rings is 2. The molecule has 0 bridgehead atoms. The lowest BCUT2D eigenvalue weighted by Gasteiger charge is -2.33. The smallest absolute Gasteiger partial charge is 0.216 e. The molecule has 1 saturated heterocycles. The van der Waals surface area contributed by atoms with E-state index in [1.807, 2.05) is 24.3 Å². The number of morpholine rings is 1. The monoisotopic (exact) mass is 349 g/mol. The van der Waals surface area contributed by atoms with Crippen LogP contribution < -0.4 is 5.32 Å². The van der Waals surface area contributed by atoms with Crippen molar-refractivity contribution in [1.29, 1.82) is 5.26 Å². The lowest BCUT2D eigenvalue weighted by Crippen LogP contribution is -2.46. The van der Waals surface area contributed by atoms with Gasteiger partial charge in [0.2, 0.25) is 5.91 Å². The standard InChI is InChI=1S/C21H23N3O2/c1-16(25)23-13-20-15-24(10-11-26-20)14-17-6-8-18(9-7-17)21-5-3-2-4-19(21)12-22/h2-9,20H,10-11,13-15H2,1H3,(H,23,25)/t20-/m0/s1. The van der Waals surface area contributed by atoms with Gasteiger partial charge in [0.1, 0.15) is 0 Å². The Kier molecular flexibility index (Phi) is 6.00. The van der Waals surface area contributed by atoms with E-state index in [1.165, 1.54) is 12.5 Å². The van der Waals surface area contributed by atoms with E-state index in [-0.39, 0.29) is 12.0 Å². The van der Waals surface area contributed by atoms with E-state index in [2.05, 4.69) is 40.6 Å². The summed E-state index contributed by atoms with van der Waals surface area (Å²) >= 11 is 0. The number of hydrogen-bond acceptors (Lipinski definition) is 4. The molecule has 1 atom stereocenters. The number of nitriles is 1. The van der Waals surface area contributed by atoms with Gasteiger partial charge in [-0.1, -0.05) is 42.5 Å². The second-order valence-corrected chi connectivity index (χ2v) is 6.52. The van der Waals surface area contributed by atoms with Crippen molar-refractivity contribution in [2.75, 3.05) is 26.2 Å². The quantitative estimate of drug-likeness (QED) is 0.901. The Labute approximate surface area is 154 Å². The van der Waals surface area contributed by atoms with Crippen LogP contribution in [0.5, 0.6) is 0 Å². The summed E-state index contributed by atoms with van der Waals surface area (Å²) in [7, 11) is 0. The molecule has 1 N–H and O–H groups in total. The average Bonchev–Trinajstić information content (AvgIpc) is 2.67. The van der Waals surface area contributed by atoms with Crippen molar-refractivity contribution in [1.82, 2.24) is 10.2 Å². The zero-order valence-electron chi connectivity index (χ0n) is 14.9.